The predicted octanol–water partition coefficient (Wildman–Crippen LogP) is 4.49. The Morgan fingerprint density at radius 3 is 2.58 bits per heavy atom. The third-order valence-electron chi connectivity index (χ3n) is 4.47. The van der Waals surface area contributed by atoms with Crippen LogP contribution in [0, 0.1) is 6.92 Å². The number of aromatic nitrogens is 1. The van der Waals surface area contributed by atoms with E-state index >= 15 is 0 Å². The van der Waals surface area contributed by atoms with E-state index in [1.165, 1.54) is 5.56 Å². The minimum atomic E-state index is -0.204. The van der Waals surface area contributed by atoms with Gasteiger partial charge in [-0.25, -0.2) is 0 Å². The molecule has 2 N–H and O–H groups in total. The van der Waals surface area contributed by atoms with Crippen molar-refractivity contribution in [3.63, 3.8) is 0 Å². The van der Waals surface area contributed by atoms with Gasteiger partial charge in [-0.05, 0) is 55.7 Å². The largest absolute Gasteiger partial charge is 0.506 e. The van der Waals surface area contributed by atoms with E-state index in [-0.39, 0.29) is 11.7 Å². The first-order chi connectivity index (χ1) is 11.6. The lowest BCUT2D eigenvalue weighted by Gasteiger charge is -2.11. The summed E-state index contributed by atoms with van der Waals surface area (Å²) in [6.45, 7) is 6.84. The highest BCUT2D eigenvalue weighted by Crippen LogP contribution is 2.29. The number of phenolic OH excluding ortho intramolecular Hbond substituents is 1. The van der Waals surface area contributed by atoms with Gasteiger partial charge in [-0.2, -0.15) is 0 Å². The average Bonchev–Trinajstić information content (AvgIpc) is 2.88. The molecule has 0 spiro atoms. The van der Waals surface area contributed by atoms with Gasteiger partial charge in [0.1, 0.15) is 11.4 Å². The topological polar surface area (TPSA) is 54.3 Å². The van der Waals surface area contributed by atoms with Crippen LogP contribution in [0.5, 0.6) is 5.75 Å². The van der Waals surface area contributed by atoms with Crippen LogP contribution in [-0.2, 0) is 13.0 Å². The fourth-order valence-electron chi connectivity index (χ4n) is 3.17. The Bertz CT molecular complexity index is 909. The highest BCUT2D eigenvalue weighted by molar-refractivity contribution is 6.09. The van der Waals surface area contributed by atoms with Crippen molar-refractivity contribution in [3.05, 3.63) is 59.3 Å². The average molecular weight is 322 g/mol. The number of rotatable bonds is 4. The van der Waals surface area contributed by atoms with E-state index in [1.807, 2.05) is 18.4 Å². The number of hydrogen-bond acceptors (Lipinski definition) is 2. The molecule has 0 atom stereocenters. The van der Waals surface area contributed by atoms with Crippen molar-refractivity contribution in [2.75, 3.05) is 5.32 Å². The summed E-state index contributed by atoms with van der Waals surface area (Å²) in [4.78, 5) is 12.8. The third-order valence-corrected chi connectivity index (χ3v) is 4.47. The number of fused-ring (bicyclic) bond motifs is 1. The maximum absolute atomic E-state index is 12.8. The smallest absolute Gasteiger partial charge is 0.272 e. The van der Waals surface area contributed by atoms with Crippen molar-refractivity contribution in [1.82, 2.24) is 4.57 Å². The van der Waals surface area contributed by atoms with Crippen LogP contribution in [0.25, 0.3) is 10.9 Å². The molecule has 0 bridgehead atoms. The number of carbonyl (C=O) groups is 1. The number of phenols is 1. The lowest BCUT2D eigenvalue weighted by molar-refractivity contribution is 0.101. The van der Waals surface area contributed by atoms with Crippen molar-refractivity contribution in [2.24, 2.45) is 0 Å². The number of aromatic hydroxyl groups is 1. The second kappa shape index (κ2) is 6.40. The van der Waals surface area contributed by atoms with Gasteiger partial charge < -0.3 is 15.0 Å². The van der Waals surface area contributed by atoms with Crippen LogP contribution >= 0.6 is 0 Å². The minimum Gasteiger partial charge on any atom is -0.506 e. The maximum atomic E-state index is 12.8. The highest BCUT2D eigenvalue weighted by atomic mass is 16.3. The number of benzene rings is 2. The summed E-state index contributed by atoms with van der Waals surface area (Å²) in [7, 11) is 0. The number of amides is 1. The van der Waals surface area contributed by atoms with Gasteiger partial charge in [-0.1, -0.05) is 25.1 Å². The first-order valence-corrected chi connectivity index (χ1v) is 8.27. The van der Waals surface area contributed by atoms with Crippen molar-refractivity contribution in [2.45, 2.75) is 33.7 Å². The second-order valence-electron chi connectivity index (χ2n) is 5.89. The summed E-state index contributed by atoms with van der Waals surface area (Å²) < 4.78 is 2.03. The molecule has 1 aromatic heterocycles. The molecule has 1 amide bonds. The number of hydrogen-bond donors (Lipinski definition) is 2. The first-order valence-electron chi connectivity index (χ1n) is 8.27. The summed E-state index contributed by atoms with van der Waals surface area (Å²) in [5, 5.41) is 13.8. The summed E-state index contributed by atoms with van der Waals surface area (Å²) >= 11 is 0. The molecular formula is C20H22N2O2. The Hall–Kier alpha value is -2.75. The van der Waals surface area contributed by atoms with E-state index in [4.69, 9.17) is 0 Å². The van der Waals surface area contributed by atoms with Crippen LogP contribution in [0.4, 0.5) is 5.69 Å². The van der Waals surface area contributed by atoms with E-state index in [0.717, 1.165) is 22.9 Å². The van der Waals surface area contributed by atoms with E-state index in [9.17, 15) is 9.90 Å². The molecule has 3 aromatic rings. The molecule has 2 aromatic carbocycles. The molecule has 0 saturated heterocycles. The van der Waals surface area contributed by atoms with E-state index < -0.39 is 0 Å². The second-order valence-corrected chi connectivity index (χ2v) is 5.89. The van der Waals surface area contributed by atoms with Gasteiger partial charge in [0, 0.05) is 17.4 Å². The van der Waals surface area contributed by atoms with Gasteiger partial charge in [0.25, 0.3) is 5.91 Å². The molecule has 0 radical (unpaired) electrons. The van der Waals surface area contributed by atoms with Gasteiger partial charge in [0.05, 0.1) is 5.69 Å². The molecule has 0 aliphatic heterocycles. The summed E-state index contributed by atoms with van der Waals surface area (Å²) in [6.07, 6.45) is 0.964. The van der Waals surface area contributed by atoms with Gasteiger partial charge >= 0.3 is 0 Å². The van der Waals surface area contributed by atoms with Crippen LogP contribution < -0.4 is 5.32 Å². The summed E-state index contributed by atoms with van der Waals surface area (Å²) in [5.41, 5.74) is 4.35. The zero-order valence-electron chi connectivity index (χ0n) is 14.3. The Morgan fingerprint density at radius 1 is 1.17 bits per heavy atom. The molecule has 0 unspecified atom stereocenters. The standard InChI is InChI=1S/C20H22N2O2/c1-4-14-10-11-17-15(12-14)13(3)19(22(17)5-2)20(24)21-16-8-6-7-9-18(16)23/h6-12,23H,4-5H2,1-3H3,(H,21,24). The number of nitrogens with one attached hydrogen (secondary N) is 1. The molecule has 4 heteroatoms. The van der Waals surface area contributed by atoms with Crippen LogP contribution in [0.15, 0.2) is 42.5 Å². The van der Waals surface area contributed by atoms with Crippen molar-refractivity contribution >= 4 is 22.5 Å². The zero-order chi connectivity index (χ0) is 17.3. The lowest BCUT2D eigenvalue weighted by atomic mass is 10.1. The minimum absolute atomic E-state index is 0.0657. The predicted molar refractivity (Wildman–Crippen MR) is 97.8 cm³/mol. The lowest BCUT2D eigenvalue weighted by Crippen LogP contribution is -2.17. The molecule has 1 heterocycles. The van der Waals surface area contributed by atoms with Crippen molar-refractivity contribution in [1.29, 1.82) is 0 Å². The van der Waals surface area contributed by atoms with E-state index in [0.29, 0.717) is 17.9 Å². The van der Waals surface area contributed by atoms with Crippen LogP contribution in [-0.4, -0.2) is 15.6 Å². The maximum Gasteiger partial charge on any atom is 0.272 e. The third kappa shape index (κ3) is 2.64. The Labute approximate surface area is 141 Å². The molecule has 0 aliphatic carbocycles. The number of anilines is 1. The first kappa shape index (κ1) is 16.1. The molecular weight excluding hydrogens is 300 g/mol. The number of aryl methyl sites for hydroxylation is 3. The molecule has 0 fully saturated rings. The van der Waals surface area contributed by atoms with Gasteiger partial charge in [0.2, 0.25) is 0 Å². The number of nitrogens with zero attached hydrogens (tertiary/aromatic N) is 1. The monoisotopic (exact) mass is 322 g/mol. The molecule has 0 aliphatic rings. The SMILES string of the molecule is CCc1ccc2c(c1)c(C)c(C(=O)Nc1ccccc1O)n2CC. The Balaban J connectivity index is 2.09. The summed E-state index contributed by atoms with van der Waals surface area (Å²) in [5.74, 6) is -0.138. The van der Waals surface area contributed by atoms with E-state index in [2.05, 4.69) is 30.4 Å². The molecule has 24 heavy (non-hydrogen) atoms. The highest BCUT2D eigenvalue weighted by Gasteiger charge is 2.20. The van der Waals surface area contributed by atoms with Crippen molar-refractivity contribution in [3.8, 4) is 5.75 Å². The normalized spacial score (nSPS) is 11.0. The number of para-hydroxylation sites is 2. The van der Waals surface area contributed by atoms with Gasteiger partial charge in [0.15, 0.2) is 0 Å². The molecule has 0 saturated carbocycles. The fourth-order valence-corrected chi connectivity index (χ4v) is 3.17. The van der Waals surface area contributed by atoms with Crippen molar-refractivity contribution < 1.29 is 9.90 Å². The van der Waals surface area contributed by atoms with Gasteiger partial charge in [-0.15, -0.1) is 0 Å². The Kier molecular flexibility index (Phi) is 4.30. The molecule has 4 nitrogen and oxygen atoms in total. The molecule has 3 rings (SSSR count). The zero-order valence-corrected chi connectivity index (χ0v) is 14.3. The Morgan fingerprint density at radius 2 is 1.92 bits per heavy atom. The molecule has 124 valence electrons. The fraction of sp³-hybridized carbons (Fsp3) is 0.250. The quantitative estimate of drug-likeness (QED) is 0.695. The number of carbonyl (C=O) groups excluding carboxylic acids is 1. The van der Waals surface area contributed by atoms with E-state index in [1.54, 1.807) is 24.3 Å². The summed E-state index contributed by atoms with van der Waals surface area (Å²) in [6, 6.07) is 13.1. The van der Waals surface area contributed by atoms with Crippen LogP contribution in [0.1, 0.15) is 35.5 Å². The van der Waals surface area contributed by atoms with Crippen LogP contribution in [0.2, 0.25) is 0 Å². The van der Waals surface area contributed by atoms with Gasteiger partial charge in [-0.3, -0.25) is 4.79 Å². The van der Waals surface area contributed by atoms with Crippen LogP contribution in [0.3, 0.4) is 0 Å².